The molecule has 0 amide bonds. The van der Waals surface area contributed by atoms with Crippen LogP contribution in [-0.4, -0.2) is 89.2 Å². The third kappa shape index (κ3) is 4.19. The maximum absolute atomic E-state index is 16.8. The van der Waals surface area contributed by atoms with Crippen molar-refractivity contribution in [2.24, 2.45) is 5.73 Å². The first kappa shape index (κ1) is 26.0. The van der Waals surface area contributed by atoms with E-state index >= 15 is 4.39 Å². The minimum Gasteiger partial charge on any atom is -0.508 e. The first-order chi connectivity index (χ1) is 19.7. The second kappa shape index (κ2) is 9.60. The van der Waals surface area contributed by atoms with Gasteiger partial charge in [0, 0.05) is 55.3 Å². The van der Waals surface area contributed by atoms with Crippen molar-refractivity contribution in [1.82, 2.24) is 19.8 Å². The average molecular weight is 575 g/mol. The minimum atomic E-state index is -0.539. The maximum atomic E-state index is 16.8. The first-order valence-corrected chi connectivity index (χ1v) is 14.3. The Hall–Kier alpha value is -3.89. The van der Waals surface area contributed by atoms with Gasteiger partial charge in [0.05, 0.1) is 5.02 Å². The number of guanidine groups is 1. The highest BCUT2D eigenvalue weighted by Gasteiger charge is 2.42. The van der Waals surface area contributed by atoms with Crippen LogP contribution in [0.3, 0.4) is 0 Å². The Morgan fingerprint density at radius 2 is 1.73 bits per heavy atom. The Labute approximate surface area is 242 Å². The van der Waals surface area contributed by atoms with Crippen molar-refractivity contribution in [3.05, 3.63) is 53.3 Å². The molecule has 2 atom stereocenters. The molecule has 2 unspecified atom stereocenters. The van der Waals surface area contributed by atoms with Gasteiger partial charge in [-0.3, -0.25) is 5.41 Å². The zero-order valence-electron chi connectivity index (χ0n) is 23.0. The number of anilines is 2. The van der Waals surface area contributed by atoms with E-state index in [-0.39, 0.29) is 39.9 Å². The topological polar surface area (TPSA) is 109 Å². The second-order valence-electron chi connectivity index (χ2n) is 11.6. The molecule has 3 aromatic carbocycles. The quantitative estimate of drug-likeness (QED) is 0.245. The molecular weight excluding hydrogens is 543 g/mol. The number of fused-ring (bicyclic) bond motifs is 4. The van der Waals surface area contributed by atoms with Crippen molar-refractivity contribution in [1.29, 1.82) is 5.41 Å². The van der Waals surface area contributed by atoms with Gasteiger partial charge in [-0.1, -0.05) is 35.9 Å². The highest BCUT2D eigenvalue weighted by molar-refractivity contribution is 6.35. The first-order valence-electron chi connectivity index (χ1n) is 13.9. The Bertz CT molecular complexity index is 1690. The number of phenolic OH excluding ortho intramolecular Hbond substituents is 1. The number of piperazine rings is 1. The number of phenols is 1. The molecule has 0 saturated carbocycles. The molecule has 0 aliphatic carbocycles. The summed E-state index contributed by atoms with van der Waals surface area (Å²) >= 11 is 6.87. The number of halogens is 2. The summed E-state index contributed by atoms with van der Waals surface area (Å²) in [6.07, 6.45) is 1.88. The molecule has 3 saturated heterocycles. The second-order valence-corrected chi connectivity index (χ2v) is 12.0. The van der Waals surface area contributed by atoms with E-state index in [4.69, 9.17) is 32.7 Å². The normalized spacial score (nSPS) is 20.9. The van der Waals surface area contributed by atoms with Gasteiger partial charge in [-0.05, 0) is 61.5 Å². The van der Waals surface area contributed by atoms with Crippen molar-refractivity contribution < 1.29 is 9.50 Å². The molecule has 212 valence electrons. The number of benzene rings is 3. The van der Waals surface area contributed by atoms with Crippen molar-refractivity contribution >= 4 is 51.0 Å². The van der Waals surface area contributed by atoms with E-state index in [2.05, 4.69) is 14.7 Å². The summed E-state index contributed by atoms with van der Waals surface area (Å²) in [6.45, 7) is 2.75. The van der Waals surface area contributed by atoms with Gasteiger partial charge in [-0.15, -0.1) is 0 Å². The SMILES string of the molecule is CN(C)C1CN(c2nc(N3CC4CCC(C3)N4C(=N)N)c3cc(Cl)c(-c4cc(O)cc5ccccc45)c(F)c3n2)C1. The number of hydrogen-bond acceptors (Lipinski definition) is 7. The molecule has 7 rings (SSSR count). The minimum absolute atomic E-state index is 0.0347. The van der Waals surface area contributed by atoms with Crippen LogP contribution in [0.5, 0.6) is 5.75 Å². The lowest BCUT2D eigenvalue weighted by Gasteiger charge is -2.44. The molecule has 1 aromatic heterocycles. The summed E-state index contributed by atoms with van der Waals surface area (Å²) in [5, 5.41) is 20.9. The molecule has 3 aliphatic rings. The third-order valence-corrected chi connectivity index (χ3v) is 9.20. The molecule has 0 spiro atoms. The smallest absolute Gasteiger partial charge is 0.228 e. The number of nitrogens with one attached hydrogen (secondary N) is 1. The van der Waals surface area contributed by atoms with Gasteiger partial charge in [-0.25, -0.2) is 9.37 Å². The number of nitrogens with two attached hydrogens (primary N) is 1. The molecule has 11 heteroatoms. The summed E-state index contributed by atoms with van der Waals surface area (Å²) in [6, 6.07) is 13.1. The molecule has 3 aliphatic heterocycles. The van der Waals surface area contributed by atoms with Crippen molar-refractivity contribution in [2.45, 2.75) is 31.0 Å². The van der Waals surface area contributed by atoms with Gasteiger partial charge in [0.1, 0.15) is 17.1 Å². The highest BCUT2D eigenvalue weighted by Crippen LogP contribution is 2.43. The van der Waals surface area contributed by atoms with Gasteiger partial charge in [0.25, 0.3) is 0 Å². The lowest BCUT2D eigenvalue weighted by atomic mass is 9.96. The predicted molar refractivity (Wildman–Crippen MR) is 162 cm³/mol. The number of nitrogens with zero attached hydrogens (tertiary/aromatic N) is 6. The van der Waals surface area contributed by atoms with Crippen LogP contribution < -0.4 is 15.5 Å². The number of hydrogen-bond donors (Lipinski definition) is 3. The van der Waals surface area contributed by atoms with E-state index in [1.165, 1.54) is 0 Å². The largest absolute Gasteiger partial charge is 0.508 e. The number of rotatable bonds is 4. The third-order valence-electron chi connectivity index (χ3n) is 8.90. The Morgan fingerprint density at radius 3 is 2.41 bits per heavy atom. The summed E-state index contributed by atoms with van der Waals surface area (Å²) in [5.41, 5.74) is 6.84. The monoisotopic (exact) mass is 574 g/mol. The summed E-state index contributed by atoms with van der Waals surface area (Å²) in [5.74, 6) is 0.722. The van der Waals surface area contributed by atoms with E-state index in [1.807, 2.05) is 43.3 Å². The standard InChI is InChI=1S/C30H32ClFN8O/c1-37(2)19-14-39(15-19)30-35-27-23(28(36-30)38-12-17-7-8-18(13-38)40(17)29(33)34)11-24(31)25(26(27)32)22-10-20(41)9-16-5-3-4-6-21(16)22/h3-6,9-11,17-19,41H,7-8,12-15H2,1-2H3,(H3,33,34). The molecule has 0 radical (unpaired) electrons. The zero-order chi connectivity index (χ0) is 28.6. The van der Waals surface area contributed by atoms with Crippen LogP contribution in [0.1, 0.15) is 12.8 Å². The van der Waals surface area contributed by atoms with Crippen LogP contribution >= 0.6 is 11.6 Å². The van der Waals surface area contributed by atoms with Gasteiger partial charge in [0.15, 0.2) is 11.8 Å². The van der Waals surface area contributed by atoms with E-state index in [0.717, 1.165) is 36.7 Å². The number of aromatic nitrogens is 2. The summed E-state index contributed by atoms with van der Waals surface area (Å²) in [4.78, 5) is 18.2. The van der Waals surface area contributed by atoms with Gasteiger partial charge in [-0.2, -0.15) is 4.98 Å². The van der Waals surface area contributed by atoms with Crippen LogP contribution in [-0.2, 0) is 0 Å². The average Bonchev–Trinajstić information content (AvgIpc) is 3.17. The molecule has 41 heavy (non-hydrogen) atoms. The van der Waals surface area contributed by atoms with Crippen molar-refractivity contribution in [2.75, 3.05) is 50.1 Å². The van der Waals surface area contributed by atoms with Crippen LogP contribution in [0, 0.1) is 11.2 Å². The van der Waals surface area contributed by atoms with E-state index in [0.29, 0.717) is 41.8 Å². The van der Waals surface area contributed by atoms with Gasteiger partial charge < -0.3 is 30.4 Å². The van der Waals surface area contributed by atoms with Crippen LogP contribution in [0.25, 0.3) is 32.8 Å². The zero-order valence-corrected chi connectivity index (χ0v) is 23.7. The predicted octanol–water partition coefficient (Wildman–Crippen LogP) is 4.24. The molecule has 4 heterocycles. The molecule has 9 nitrogen and oxygen atoms in total. The van der Waals surface area contributed by atoms with E-state index in [1.54, 1.807) is 18.2 Å². The Morgan fingerprint density at radius 1 is 1.02 bits per heavy atom. The Kier molecular flexibility index (Phi) is 6.09. The fourth-order valence-electron chi connectivity index (χ4n) is 6.71. The van der Waals surface area contributed by atoms with Crippen LogP contribution in [0.15, 0.2) is 42.5 Å². The Balaban J connectivity index is 1.40. The van der Waals surface area contributed by atoms with Crippen molar-refractivity contribution in [3.8, 4) is 16.9 Å². The highest BCUT2D eigenvalue weighted by atomic mass is 35.5. The van der Waals surface area contributed by atoms with Crippen molar-refractivity contribution in [3.63, 3.8) is 0 Å². The van der Waals surface area contributed by atoms with E-state index < -0.39 is 5.82 Å². The van der Waals surface area contributed by atoms with Crippen LogP contribution in [0.4, 0.5) is 16.2 Å². The summed E-state index contributed by atoms with van der Waals surface area (Å²) in [7, 11) is 4.10. The fraction of sp³-hybridized carbons (Fsp3) is 0.367. The molecule has 3 fully saturated rings. The van der Waals surface area contributed by atoms with Crippen LogP contribution in [0.2, 0.25) is 5.02 Å². The maximum Gasteiger partial charge on any atom is 0.228 e. The molecule has 4 N–H and O–H groups in total. The molecule has 2 bridgehead atoms. The lowest BCUT2D eigenvalue weighted by Crippen LogP contribution is -2.58. The molecule has 4 aromatic rings. The fourth-order valence-corrected chi connectivity index (χ4v) is 7.01. The van der Waals surface area contributed by atoms with Gasteiger partial charge in [0.2, 0.25) is 5.95 Å². The lowest BCUT2D eigenvalue weighted by molar-refractivity contribution is 0.245. The molecular formula is C30H32ClFN8O. The van der Waals surface area contributed by atoms with Gasteiger partial charge >= 0.3 is 0 Å². The summed E-state index contributed by atoms with van der Waals surface area (Å²) < 4.78 is 16.8. The van der Waals surface area contributed by atoms with E-state index in [9.17, 15) is 5.11 Å². The number of aromatic hydroxyl groups is 1. The number of likely N-dealkylation sites (N-methyl/N-ethyl adjacent to an activating group) is 1.